The predicted molar refractivity (Wildman–Crippen MR) is 89.8 cm³/mol. The molecule has 122 valence electrons. The van der Waals surface area contributed by atoms with Crippen LogP contribution < -0.4 is 15.4 Å². The summed E-state index contributed by atoms with van der Waals surface area (Å²) in [6, 6.07) is 13.7. The van der Waals surface area contributed by atoms with Crippen LogP contribution in [0.4, 0.5) is 21.8 Å². The summed E-state index contributed by atoms with van der Waals surface area (Å²) in [5.41, 5.74) is 1.77. The van der Waals surface area contributed by atoms with Crippen LogP contribution in [-0.4, -0.2) is 22.3 Å². The lowest BCUT2D eigenvalue weighted by Gasteiger charge is -2.08. The number of nitrogens with zero attached hydrogens (tertiary/aromatic N) is 3. The van der Waals surface area contributed by atoms with Gasteiger partial charge in [-0.15, -0.1) is 5.10 Å². The van der Waals surface area contributed by atoms with E-state index in [9.17, 15) is 4.39 Å². The number of hydrogen-bond acceptors (Lipinski definition) is 6. The summed E-state index contributed by atoms with van der Waals surface area (Å²) in [6.45, 7) is 0.515. The summed E-state index contributed by atoms with van der Waals surface area (Å²) in [5.74, 6) is 1.47. The van der Waals surface area contributed by atoms with Crippen LogP contribution in [0.15, 0.2) is 54.7 Å². The van der Waals surface area contributed by atoms with Crippen molar-refractivity contribution in [2.24, 2.45) is 0 Å². The van der Waals surface area contributed by atoms with E-state index in [-0.39, 0.29) is 5.82 Å². The number of rotatable bonds is 6. The standard InChI is InChI=1S/C17H16FN5O/c1-24-15-8-6-14(7-9-15)21-17-22-16(11-20-23-17)19-10-12-2-4-13(18)5-3-12/h2-9,11H,10H2,1H3,(H2,19,21,22,23). The van der Waals surface area contributed by atoms with Gasteiger partial charge in [-0.25, -0.2) is 4.39 Å². The minimum absolute atomic E-state index is 0.256. The lowest BCUT2D eigenvalue weighted by atomic mass is 10.2. The number of benzene rings is 2. The molecular formula is C17H16FN5O. The highest BCUT2D eigenvalue weighted by Gasteiger charge is 2.02. The second kappa shape index (κ2) is 7.36. The normalized spacial score (nSPS) is 10.2. The Balaban J connectivity index is 1.63. The molecule has 0 aliphatic rings. The SMILES string of the molecule is COc1ccc(Nc2nncc(NCc3ccc(F)cc3)n2)cc1. The molecule has 7 heteroatoms. The van der Waals surface area contributed by atoms with Gasteiger partial charge in [0.1, 0.15) is 11.6 Å². The van der Waals surface area contributed by atoms with E-state index in [1.54, 1.807) is 19.2 Å². The maximum atomic E-state index is 12.9. The molecule has 0 fully saturated rings. The van der Waals surface area contributed by atoms with Crippen molar-refractivity contribution in [2.45, 2.75) is 6.54 Å². The van der Waals surface area contributed by atoms with Gasteiger partial charge < -0.3 is 15.4 Å². The molecule has 3 aromatic rings. The molecule has 6 nitrogen and oxygen atoms in total. The zero-order chi connectivity index (χ0) is 16.8. The van der Waals surface area contributed by atoms with Crippen molar-refractivity contribution in [2.75, 3.05) is 17.7 Å². The van der Waals surface area contributed by atoms with Crippen molar-refractivity contribution in [3.63, 3.8) is 0 Å². The van der Waals surface area contributed by atoms with Crippen LogP contribution in [-0.2, 0) is 6.54 Å². The fourth-order valence-corrected chi connectivity index (χ4v) is 2.04. The van der Waals surface area contributed by atoms with E-state index in [1.807, 2.05) is 24.3 Å². The van der Waals surface area contributed by atoms with Gasteiger partial charge >= 0.3 is 0 Å². The highest BCUT2D eigenvalue weighted by atomic mass is 19.1. The first-order chi connectivity index (χ1) is 11.7. The molecule has 0 aliphatic carbocycles. The van der Waals surface area contributed by atoms with Gasteiger partial charge in [-0.1, -0.05) is 12.1 Å². The van der Waals surface area contributed by atoms with Crippen LogP contribution in [0.1, 0.15) is 5.56 Å². The average Bonchev–Trinajstić information content (AvgIpc) is 2.62. The number of methoxy groups -OCH3 is 1. The summed E-state index contributed by atoms with van der Waals surface area (Å²) in [5, 5.41) is 14.1. The zero-order valence-corrected chi connectivity index (χ0v) is 13.0. The third-order valence-electron chi connectivity index (χ3n) is 3.29. The smallest absolute Gasteiger partial charge is 0.249 e. The van der Waals surface area contributed by atoms with E-state index in [0.717, 1.165) is 17.0 Å². The summed E-state index contributed by atoms with van der Waals surface area (Å²) >= 11 is 0. The summed E-state index contributed by atoms with van der Waals surface area (Å²) in [4.78, 5) is 4.34. The Morgan fingerprint density at radius 2 is 1.79 bits per heavy atom. The number of aromatic nitrogens is 3. The van der Waals surface area contributed by atoms with Gasteiger partial charge in [-0.05, 0) is 42.0 Å². The Kier molecular flexibility index (Phi) is 4.81. The Labute approximate surface area is 138 Å². The minimum atomic E-state index is -0.256. The Morgan fingerprint density at radius 3 is 2.50 bits per heavy atom. The van der Waals surface area contributed by atoms with E-state index in [1.165, 1.54) is 18.3 Å². The highest BCUT2D eigenvalue weighted by Crippen LogP contribution is 2.18. The molecule has 0 saturated carbocycles. The van der Waals surface area contributed by atoms with Crippen LogP contribution in [0.25, 0.3) is 0 Å². The third kappa shape index (κ3) is 4.16. The first kappa shape index (κ1) is 15.7. The van der Waals surface area contributed by atoms with Gasteiger partial charge in [-0.3, -0.25) is 0 Å². The number of nitrogens with one attached hydrogen (secondary N) is 2. The molecular weight excluding hydrogens is 309 g/mol. The van der Waals surface area contributed by atoms with Crippen LogP contribution in [0, 0.1) is 5.82 Å². The average molecular weight is 325 g/mol. The zero-order valence-electron chi connectivity index (χ0n) is 13.0. The van der Waals surface area contributed by atoms with Crippen molar-refractivity contribution in [1.82, 2.24) is 15.2 Å². The van der Waals surface area contributed by atoms with Crippen LogP contribution in [0.2, 0.25) is 0 Å². The molecule has 2 aromatic carbocycles. The Morgan fingerprint density at radius 1 is 1.04 bits per heavy atom. The van der Waals surface area contributed by atoms with Gasteiger partial charge in [0.25, 0.3) is 0 Å². The van der Waals surface area contributed by atoms with Gasteiger partial charge in [-0.2, -0.15) is 10.1 Å². The highest BCUT2D eigenvalue weighted by molar-refractivity contribution is 5.55. The second-order valence-electron chi connectivity index (χ2n) is 5.00. The molecule has 24 heavy (non-hydrogen) atoms. The minimum Gasteiger partial charge on any atom is -0.497 e. The first-order valence-electron chi connectivity index (χ1n) is 7.32. The maximum Gasteiger partial charge on any atom is 0.249 e. The fraction of sp³-hybridized carbons (Fsp3) is 0.118. The van der Waals surface area contributed by atoms with E-state index in [2.05, 4.69) is 25.8 Å². The molecule has 0 atom stereocenters. The molecule has 0 amide bonds. The van der Waals surface area contributed by atoms with Crippen molar-refractivity contribution in [1.29, 1.82) is 0 Å². The summed E-state index contributed by atoms with van der Waals surface area (Å²) < 4.78 is 18.0. The molecule has 1 heterocycles. The molecule has 0 spiro atoms. The van der Waals surface area contributed by atoms with Crippen LogP contribution in [0.3, 0.4) is 0 Å². The Hall–Kier alpha value is -3.22. The van der Waals surface area contributed by atoms with Gasteiger partial charge in [0, 0.05) is 12.2 Å². The van der Waals surface area contributed by atoms with Gasteiger partial charge in [0.2, 0.25) is 5.95 Å². The number of anilines is 3. The van der Waals surface area contributed by atoms with E-state index in [4.69, 9.17) is 4.74 Å². The molecule has 2 N–H and O–H groups in total. The lowest BCUT2D eigenvalue weighted by molar-refractivity contribution is 0.415. The molecule has 0 unspecified atom stereocenters. The maximum absolute atomic E-state index is 12.9. The number of hydrogen-bond donors (Lipinski definition) is 2. The van der Waals surface area contributed by atoms with Gasteiger partial charge in [0.15, 0.2) is 5.82 Å². The molecule has 0 bridgehead atoms. The molecule has 1 aromatic heterocycles. The largest absolute Gasteiger partial charge is 0.497 e. The van der Waals surface area contributed by atoms with Crippen LogP contribution >= 0.6 is 0 Å². The molecule has 0 radical (unpaired) electrons. The monoisotopic (exact) mass is 325 g/mol. The summed E-state index contributed by atoms with van der Waals surface area (Å²) in [6.07, 6.45) is 1.53. The van der Waals surface area contributed by atoms with Crippen molar-refractivity contribution in [3.05, 3.63) is 66.1 Å². The first-order valence-corrected chi connectivity index (χ1v) is 7.32. The van der Waals surface area contributed by atoms with Gasteiger partial charge in [0.05, 0.1) is 13.3 Å². The predicted octanol–water partition coefficient (Wildman–Crippen LogP) is 3.38. The number of halogens is 1. The number of ether oxygens (including phenoxy) is 1. The molecule has 3 rings (SSSR count). The van der Waals surface area contributed by atoms with Crippen LogP contribution in [0.5, 0.6) is 5.75 Å². The van der Waals surface area contributed by atoms with E-state index in [0.29, 0.717) is 18.3 Å². The lowest BCUT2D eigenvalue weighted by Crippen LogP contribution is -2.05. The summed E-state index contributed by atoms with van der Waals surface area (Å²) in [7, 11) is 1.62. The quantitative estimate of drug-likeness (QED) is 0.724. The van der Waals surface area contributed by atoms with Crippen molar-refractivity contribution >= 4 is 17.5 Å². The molecule has 0 saturated heterocycles. The fourth-order valence-electron chi connectivity index (χ4n) is 2.04. The van der Waals surface area contributed by atoms with Crippen molar-refractivity contribution in [3.8, 4) is 5.75 Å². The van der Waals surface area contributed by atoms with E-state index >= 15 is 0 Å². The Bertz CT molecular complexity index is 793. The third-order valence-corrected chi connectivity index (χ3v) is 3.29. The van der Waals surface area contributed by atoms with Crippen molar-refractivity contribution < 1.29 is 9.13 Å². The molecule has 0 aliphatic heterocycles. The van der Waals surface area contributed by atoms with E-state index < -0.39 is 0 Å². The second-order valence-corrected chi connectivity index (χ2v) is 5.00. The topological polar surface area (TPSA) is 72.0 Å².